The predicted molar refractivity (Wildman–Crippen MR) is 101 cm³/mol. The summed E-state index contributed by atoms with van der Waals surface area (Å²) in [6.07, 6.45) is 5.77. The second-order valence-corrected chi connectivity index (χ2v) is 6.08. The molecule has 4 heterocycles. The van der Waals surface area contributed by atoms with Crippen LogP contribution in [-0.2, 0) is 26.1 Å². The van der Waals surface area contributed by atoms with Crippen LogP contribution in [0.4, 0.5) is 0 Å². The van der Waals surface area contributed by atoms with Gasteiger partial charge in [0.25, 0.3) is 0 Å². The molecule has 0 aliphatic heterocycles. The minimum absolute atomic E-state index is 0. The molecular formula is C20H24N4O2. The zero-order valence-corrected chi connectivity index (χ0v) is 14.5. The molecule has 136 valence electrons. The molecule has 4 rings (SSSR count). The summed E-state index contributed by atoms with van der Waals surface area (Å²) in [4.78, 5) is 12.7. The average molecular weight is 352 g/mol. The zero-order chi connectivity index (χ0) is 18.2. The van der Waals surface area contributed by atoms with Crippen LogP contribution >= 0.6 is 0 Å². The number of hydrogen-bond acceptors (Lipinski definition) is 2. The van der Waals surface area contributed by atoms with E-state index >= 15 is 0 Å². The van der Waals surface area contributed by atoms with Crippen LogP contribution in [0, 0.1) is 0 Å². The van der Waals surface area contributed by atoms with Crippen molar-refractivity contribution in [3.8, 4) is 0 Å². The molecule has 6 heteroatoms. The van der Waals surface area contributed by atoms with Gasteiger partial charge >= 0.3 is 0 Å². The van der Waals surface area contributed by atoms with Crippen molar-refractivity contribution in [2.24, 2.45) is 0 Å². The maximum absolute atomic E-state index is 8.53. The van der Waals surface area contributed by atoms with Crippen molar-refractivity contribution < 1.29 is 10.2 Å². The Hall–Kier alpha value is -2.96. The molecule has 0 unspecified atom stereocenters. The minimum Gasteiger partial charge on any atom is -0.390 e. The molecule has 0 atom stereocenters. The van der Waals surface area contributed by atoms with Crippen LogP contribution < -0.4 is 0 Å². The van der Waals surface area contributed by atoms with Gasteiger partial charge in [-0.05, 0) is 48.5 Å². The highest BCUT2D eigenvalue weighted by molar-refractivity contribution is 5.22. The van der Waals surface area contributed by atoms with Gasteiger partial charge in [-0.1, -0.05) is 0 Å². The molecule has 26 heavy (non-hydrogen) atoms. The van der Waals surface area contributed by atoms with Gasteiger partial charge in [-0.25, -0.2) is 0 Å². The van der Waals surface area contributed by atoms with Crippen molar-refractivity contribution in [1.29, 1.82) is 0 Å². The maximum atomic E-state index is 8.53. The first kappa shape index (κ1) is 17.8. The van der Waals surface area contributed by atoms with E-state index < -0.39 is 0 Å². The third-order valence-corrected chi connectivity index (χ3v) is 4.04. The van der Waals surface area contributed by atoms with Crippen LogP contribution in [0.15, 0.2) is 60.9 Å². The molecule has 0 saturated carbocycles. The predicted octanol–water partition coefficient (Wildman–Crippen LogP) is 2.85. The van der Waals surface area contributed by atoms with E-state index in [1.54, 1.807) is 12.1 Å². The largest absolute Gasteiger partial charge is 0.390 e. The highest BCUT2D eigenvalue weighted by Crippen LogP contribution is 2.11. The first-order valence-electron chi connectivity index (χ1n) is 8.56. The van der Waals surface area contributed by atoms with Gasteiger partial charge in [0.05, 0.1) is 13.2 Å². The molecule has 6 N–H and O–H groups in total. The fourth-order valence-electron chi connectivity index (χ4n) is 2.74. The lowest BCUT2D eigenvalue weighted by Crippen LogP contribution is -1.91. The molecule has 0 aromatic carbocycles. The number of rotatable bonds is 6. The summed E-state index contributed by atoms with van der Waals surface area (Å²) in [6.45, 7) is -0.000000000000000222. The van der Waals surface area contributed by atoms with E-state index in [2.05, 4.69) is 44.2 Å². The third-order valence-electron chi connectivity index (χ3n) is 4.04. The van der Waals surface area contributed by atoms with E-state index in [-0.39, 0.29) is 13.2 Å². The Labute approximate surface area is 151 Å². The Morgan fingerprint density at radius 3 is 1.31 bits per heavy atom. The number of nitrogens with one attached hydrogen (secondary N) is 4. The van der Waals surface area contributed by atoms with E-state index in [1.165, 1.54) is 22.8 Å². The van der Waals surface area contributed by atoms with Gasteiger partial charge < -0.3 is 30.1 Å². The molecule has 0 aliphatic rings. The first-order chi connectivity index (χ1) is 12.8. The quantitative estimate of drug-likeness (QED) is 0.321. The third kappa shape index (κ3) is 5.02. The van der Waals surface area contributed by atoms with Gasteiger partial charge in [-0.2, -0.15) is 0 Å². The van der Waals surface area contributed by atoms with Gasteiger partial charge in [0.1, 0.15) is 0 Å². The molecule has 4 aromatic rings. The van der Waals surface area contributed by atoms with Crippen molar-refractivity contribution >= 4 is 0 Å². The molecular weight excluding hydrogens is 328 g/mol. The summed E-state index contributed by atoms with van der Waals surface area (Å²) in [5.41, 5.74) is 6.43. The normalized spacial score (nSPS) is 10.5. The van der Waals surface area contributed by atoms with Crippen LogP contribution in [0.5, 0.6) is 0 Å². The second kappa shape index (κ2) is 8.94. The van der Waals surface area contributed by atoms with Gasteiger partial charge in [0, 0.05) is 59.4 Å². The molecule has 6 nitrogen and oxygen atoms in total. The Bertz CT molecular complexity index is 804. The van der Waals surface area contributed by atoms with E-state index in [0.717, 1.165) is 24.2 Å². The summed E-state index contributed by atoms with van der Waals surface area (Å²) < 4.78 is 0. The van der Waals surface area contributed by atoms with E-state index in [0.29, 0.717) is 0 Å². The summed E-state index contributed by atoms with van der Waals surface area (Å²) in [7, 11) is 0. The van der Waals surface area contributed by atoms with E-state index in [1.807, 2.05) is 24.5 Å². The maximum Gasteiger partial charge on any atom is 0.0830 e. The molecule has 4 aromatic heterocycles. The summed E-state index contributed by atoms with van der Waals surface area (Å²) >= 11 is 0. The number of aromatic amines is 4. The zero-order valence-electron chi connectivity index (χ0n) is 14.5. The number of aliphatic hydroxyl groups excluding tert-OH is 2. The fourth-order valence-corrected chi connectivity index (χ4v) is 2.74. The average Bonchev–Trinajstić information content (AvgIpc) is 3.45. The molecule has 0 saturated heterocycles. The highest BCUT2D eigenvalue weighted by Gasteiger charge is 2.02. The summed E-state index contributed by atoms with van der Waals surface area (Å²) in [6, 6.07) is 16.0. The smallest absolute Gasteiger partial charge is 0.0830 e. The number of H-pyrrole nitrogens is 4. The molecule has 0 radical (unpaired) electrons. The van der Waals surface area contributed by atoms with Crippen LogP contribution in [0.3, 0.4) is 0 Å². The van der Waals surface area contributed by atoms with Crippen LogP contribution in [0.2, 0.25) is 0 Å². The molecule has 0 bridgehead atoms. The second-order valence-electron chi connectivity index (χ2n) is 6.08. The van der Waals surface area contributed by atoms with Gasteiger partial charge in [0.2, 0.25) is 0 Å². The van der Waals surface area contributed by atoms with Crippen molar-refractivity contribution in [2.45, 2.75) is 26.1 Å². The van der Waals surface area contributed by atoms with Crippen molar-refractivity contribution in [3.63, 3.8) is 0 Å². The number of hydrogen-bond donors (Lipinski definition) is 6. The molecule has 0 aliphatic carbocycles. The Kier molecular flexibility index (Phi) is 6.14. The Balaban J connectivity index is 0.000000185. The minimum atomic E-state index is -0.000000000000000222. The number of aromatic nitrogens is 4. The van der Waals surface area contributed by atoms with Gasteiger partial charge in [0.15, 0.2) is 0 Å². The van der Waals surface area contributed by atoms with Crippen LogP contribution in [0.1, 0.15) is 34.2 Å². The lowest BCUT2D eigenvalue weighted by Gasteiger charge is -1.97. The SMILES string of the molecule is OCc1ccc(CO)[nH]1.c1c[nH]c(Cc2ccc(Cc3ccc[nH]3)[nH]2)c1. The first-order valence-corrected chi connectivity index (χ1v) is 8.56. The number of aliphatic hydroxyl groups is 2. The highest BCUT2D eigenvalue weighted by atomic mass is 16.3. The Morgan fingerprint density at radius 2 is 0.962 bits per heavy atom. The lowest BCUT2D eigenvalue weighted by molar-refractivity contribution is 0.269. The molecule has 0 amide bonds. The molecule has 0 spiro atoms. The van der Waals surface area contributed by atoms with Crippen molar-refractivity contribution in [3.05, 3.63) is 95.1 Å². The van der Waals surface area contributed by atoms with Crippen molar-refractivity contribution in [1.82, 2.24) is 19.9 Å². The fraction of sp³-hybridized carbons (Fsp3) is 0.200. The van der Waals surface area contributed by atoms with Crippen molar-refractivity contribution in [2.75, 3.05) is 0 Å². The van der Waals surface area contributed by atoms with Crippen LogP contribution in [0.25, 0.3) is 0 Å². The standard InChI is InChI=1S/C14H15N3.C6H9NO2/c1-3-11(15-7-1)9-13-5-6-14(17-13)10-12-4-2-8-16-12;8-3-5-1-2-6(4-9)7-5/h1-8,15-17H,9-10H2;1-2,7-9H,3-4H2. The van der Waals surface area contributed by atoms with E-state index in [4.69, 9.17) is 10.2 Å². The molecule has 0 fully saturated rings. The van der Waals surface area contributed by atoms with Crippen LogP contribution in [-0.4, -0.2) is 30.1 Å². The Morgan fingerprint density at radius 1 is 0.538 bits per heavy atom. The van der Waals surface area contributed by atoms with E-state index in [9.17, 15) is 0 Å². The lowest BCUT2D eigenvalue weighted by atomic mass is 10.2. The monoisotopic (exact) mass is 352 g/mol. The topological polar surface area (TPSA) is 104 Å². The summed E-state index contributed by atoms with van der Waals surface area (Å²) in [5.74, 6) is 0. The summed E-state index contributed by atoms with van der Waals surface area (Å²) in [5, 5.41) is 17.1. The van der Waals surface area contributed by atoms with Gasteiger partial charge in [-0.15, -0.1) is 0 Å². The van der Waals surface area contributed by atoms with Gasteiger partial charge in [-0.3, -0.25) is 0 Å².